The van der Waals surface area contributed by atoms with Gasteiger partial charge in [0, 0.05) is 42.8 Å². The third-order valence-corrected chi connectivity index (χ3v) is 9.51. The Balaban J connectivity index is 1.09. The number of hydrogen-bond donors (Lipinski definition) is 1. The molecule has 1 N–H and O–H groups in total. The summed E-state index contributed by atoms with van der Waals surface area (Å²) in [7, 11) is 0. The Morgan fingerprint density at radius 3 is 2.64 bits per heavy atom. The Morgan fingerprint density at radius 1 is 1.00 bits per heavy atom. The summed E-state index contributed by atoms with van der Waals surface area (Å²) < 4.78 is 14.0. The minimum atomic E-state index is -0.250. The zero-order valence-electron chi connectivity index (χ0n) is 24.5. The second-order valence-electron chi connectivity index (χ2n) is 12.4. The van der Waals surface area contributed by atoms with Crippen LogP contribution in [0.5, 0.6) is 0 Å². The van der Waals surface area contributed by atoms with Crippen LogP contribution in [0.1, 0.15) is 66.1 Å². The van der Waals surface area contributed by atoms with Gasteiger partial charge in [0.25, 0.3) is 5.91 Å². The Bertz CT molecular complexity index is 1320. The number of rotatable bonds is 8. The molecule has 6 rings (SSSR count). The molecule has 2 aromatic rings. The van der Waals surface area contributed by atoms with Gasteiger partial charge in [-0.05, 0) is 99.5 Å². The largest absolute Gasteiger partial charge is 0.351 e. The summed E-state index contributed by atoms with van der Waals surface area (Å²) in [5.41, 5.74) is 3.90. The van der Waals surface area contributed by atoms with E-state index in [-0.39, 0.29) is 29.6 Å². The number of likely N-dealkylation sites (tertiary alicyclic amines) is 1. The fourth-order valence-corrected chi connectivity index (χ4v) is 7.18. The summed E-state index contributed by atoms with van der Waals surface area (Å²) in [6.45, 7) is 5.22. The number of hydrogen-bond acceptors (Lipinski definition) is 4. The van der Waals surface area contributed by atoms with Gasteiger partial charge in [-0.1, -0.05) is 48.9 Å². The van der Waals surface area contributed by atoms with Crippen molar-refractivity contribution in [3.8, 4) is 0 Å². The number of carbonyl (C=O) groups excluding carboxylic acids is 2. The van der Waals surface area contributed by atoms with Crippen LogP contribution in [0.2, 0.25) is 0 Å². The van der Waals surface area contributed by atoms with Crippen LogP contribution in [0.4, 0.5) is 10.1 Å². The highest BCUT2D eigenvalue weighted by Crippen LogP contribution is 2.40. The van der Waals surface area contributed by atoms with E-state index in [2.05, 4.69) is 45.4 Å². The lowest BCUT2D eigenvalue weighted by Crippen LogP contribution is -2.42. The van der Waals surface area contributed by atoms with Gasteiger partial charge in [-0.15, -0.1) is 0 Å². The molecule has 1 unspecified atom stereocenters. The van der Waals surface area contributed by atoms with Crippen LogP contribution in [0.15, 0.2) is 72.6 Å². The van der Waals surface area contributed by atoms with Crippen LogP contribution in [-0.4, -0.2) is 67.4 Å². The monoisotopic (exact) mass is 570 g/mol. The van der Waals surface area contributed by atoms with Gasteiger partial charge in [0.2, 0.25) is 5.91 Å². The lowest BCUT2D eigenvalue weighted by molar-refractivity contribution is -0.120. The molecule has 2 amide bonds. The number of halogens is 1. The molecule has 0 saturated carbocycles. The number of nitrogens with one attached hydrogen (secondary N) is 1. The Labute approximate surface area is 249 Å². The van der Waals surface area contributed by atoms with Crippen LogP contribution in [-0.2, 0) is 11.2 Å². The molecule has 2 aromatic carbocycles. The standard InChI is InChI=1S/C35H43FN4O2/c36-30-10-6-9-28(22-30)24-40-33-23-29(12-13-31(33)32-11-4-5-17-39(32)25-34(40)41)35(42)37-16-20-38-18-14-27(15-19-38)21-26-7-2-1-3-8-26/h1-3,6-8,10,12-13,22-23,27-28,32H,4-5,9,11,14-21,24-25H2,(H,37,42)/t28?,32-/m1/s1. The molecule has 2 fully saturated rings. The molecule has 4 aliphatic rings. The highest BCUT2D eigenvalue weighted by Gasteiger charge is 2.35. The number of fused-ring (bicyclic) bond motifs is 3. The average Bonchev–Trinajstić information content (AvgIpc) is 3.12. The summed E-state index contributed by atoms with van der Waals surface area (Å²) in [5.74, 6) is 0.300. The van der Waals surface area contributed by atoms with Crippen molar-refractivity contribution < 1.29 is 14.0 Å². The minimum Gasteiger partial charge on any atom is -0.351 e. The van der Waals surface area contributed by atoms with Crippen LogP contribution in [0.25, 0.3) is 0 Å². The first-order chi connectivity index (χ1) is 20.5. The van der Waals surface area contributed by atoms with Crippen molar-refractivity contribution in [2.45, 2.75) is 51.0 Å². The summed E-state index contributed by atoms with van der Waals surface area (Å²) >= 11 is 0. The second-order valence-corrected chi connectivity index (χ2v) is 12.4. The molecule has 3 heterocycles. The molecule has 0 aromatic heterocycles. The van der Waals surface area contributed by atoms with Gasteiger partial charge in [-0.25, -0.2) is 4.39 Å². The molecule has 0 bridgehead atoms. The fraction of sp³-hybridized carbons (Fsp3) is 0.486. The molecule has 0 spiro atoms. The minimum absolute atomic E-state index is 0.0252. The normalized spacial score (nSPS) is 23.6. The second kappa shape index (κ2) is 13.3. The van der Waals surface area contributed by atoms with E-state index in [1.165, 1.54) is 24.5 Å². The molecular weight excluding hydrogens is 527 g/mol. The van der Waals surface area contributed by atoms with Crippen LogP contribution < -0.4 is 10.2 Å². The van der Waals surface area contributed by atoms with Gasteiger partial charge in [0.15, 0.2) is 0 Å². The number of anilines is 1. The molecule has 6 nitrogen and oxygen atoms in total. The predicted molar refractivity (Wildman–Crippen MR) is 165 cm³/mol. The highest BCUT2D eigenvalue weighted by atomic mass is 19.1. The third kappa shape index (κ3) is 6.84. The lowest BCUT2D eigenvalue weighted by Gasteiger charge is -2.34. The van der Waals surface area contributed by atoms with Gasteiger partial charge >= 0.3 is 0 Å². The highest BCUT2D eigenvalue weighted by molar-refractivity contribution is 6.00. The molecule has 2 saturated heterocycles. The number of carbonyl (C=O) groups is 2. The zero-order chi connectivity index (χ0) is 28.9. The van der Waals surface area contributed by atoms with Crippen molar-refractivity contribution in [1.82, 2.24) is 15.1 Å². The van der Waals surface area contributed by atoms with Crippen LogP contribution in [0.3, 0.4) is 0 Å². The maximum absolute atomic E-state index is 14.0. The van der Waals surface area contributed by atoms with E-state index in [0.717, 1.165) is 69.0 Å². The van der Waals surface area contributed by atoms with Crippen molar-refractivity contribution in [2.75, 3.05) is 50.7 Å². The van der Waals surface area contributed by atoms with E-state index < -0.39 is 0 Å². The summed E-state index contributed by atoms with van der Waals surface area (Å²) in [6.07, 6.45) is 12.4. The van der Waals surface area contributed by atoms with E-state index in [1.54, 1.807) is 6.08 Å². The molecule has 1 aliphatic carbocycles. The van der Waals surface area contributed by atoms with Crippen molar-refractivity contribution >= 4 is 17.5 Å². The van der Waals surface area contributed by atoms with Gasteiger partial charge in [0.1, 0.15) is 5.83 Å². The molecule has 0 radical (unpaired) electrons. The van der Waals surface area contributed by atoms with Gasteiger partial charge < -0.3 is 15.1 Å². The van der Waals surface area contributed by atoms with Crippen LogP contribution >= 0.6 is 0 Å². The SMILES string of the molecule is O=C(NCCN1CCC(Cc2ccccc2)CC1)c1ccc2c(c1)N(CC1C=C(F)C=CC1)C(=O)CN1CCCC[C@H]21. The third-order valence-electron chi connectivity index (χ3n) is 9.51. The average molecular weight is 571 g/mol. The van der Waals surface area contributed by atoms with Gasteiger partial charge in [-0.3, -0.25) is 14.5 Å². The van der Waals surface area contributed by atoms with E-state index in [1.807, 2.05) is 29.2 Å². The van der Waals surface area contributed by atoms with Gasteiger partial charge in [0.05, 0.1) is 6.54 Å². The molecule has 42 heavy (non-hydrogen) atoms. The van der Waals surface area contributed by atoms with Crippen molar-refractivity contribution in [1.29, 1.82) is 0 Å². The van der Waals surface area contributed by atoms with E-state index in [0.29, 0.717) is 31.6 Å². The molecule has 222 valence electrons. The first kappa shape index (κ1) is 28.8. The Hall–Kier alpha value is -3.29. The van der Waals surface area contributed by atoms with E-state index in [4.69, 9.17) is 0 Å². The molecule has 3 aliphatic heterocycles. The molecule has 2 atom stereocenters. The zero-order valence-corrected chi connectivity index (χ0v) is 24.5. The topological polar surface area (TPSA) is 55.9 Å². The fourth-order valence-electron chi connectivity index (χ4n) is 7.18. The number of nitrogens with zero attached hydrogens (tertiary/aromatic N) is 3. The maximum atomic E-state index is 14.0. The molecule has 7 heteroatoms. The molecular formula is C35H43FN4O2. The summed E-state index contributed by atoms with van der Waals surface area (Å²) in [5, 5.41) is 3.13. The Kier molecular flexibility index (Phi) is 9.15. The van der Waals surface area contributed by atoms with Crippen molar-refractivity contribution in [3.63, 3.8) is 0 Å². The maximum Gasteiger partial charge on any atom is 0.251 e. The quantitative estimate of drug-likeness (QED) is 0.444. The number of allylic oxidation sites excluding steroid dienone is 3. The number of amides is 2. The van der Waals surface area contributed by atoms with Crippen LogP contribution in [0, 0.1) is 11.8 Å². The summed E-state index contributed by atoms with van der Waals surface area (Å²) in [4.78, 5) is 33.4. The first-order valence-corrected chi connectivity index (χ1v) is 15.8. The van der Waals surface area contributed by atoms with Crippen molar-refractivity contribution in [3.05, 3.63) is 89.3 Å². The lowest BCUT2D eigenvalue weighted by atomic mass is 9.90. The smallest absolute Gasteiger partial charge is 0.251 e. The first-order valence-electron chi connectivity index (χ1n) is 15.8. The number of benzene rings is 2. The number of piperidine rings is 2. The summed E-state index contributed by atoms with van der Waals surface area (Å²) in [6, 6.07) is 16.8. The van der Waals surface area contributed by atoms with Gasteiger partial charge in [-0.2, -0.15) is 0 Å². The van der Waals surface area contributed by atoms with E-state index in [9.17, 15) is 14.0 Å². The van der Waals surface area contributed by atoms with Crippen molar-refractivity contribution in [2.24, 2.45) is 11.8 Å². The Morgan fingerprint density at radius 2 is 1.83 bits per heavy atom. The van der Waals surface area contributed by atoms with E-state index >= 15 is 0 Å². The predicted octanol–water partition coefficient (Wildman–Crippen LogP) is 5.67.